The van der Waals surface area contributed by atoms with Gasteiger partial charge in [-0.3, -0.25) is 4.79 Å². The number of carbonyl (C=O) groups excluding carboxylic acids is 1. The van der Waals surface area contributed by atoms with Crippen molar-refractivity contribution in [2.45, 2.75) is 25.8 Å². The van der Waals surface area contributed by atoms with E-state index in [4.69, 9.17) is 11.6 Å². The second kappa shape index (κ2) is 7.42. The molecule has 0 unspecified atom stereocenters. The molecule has 5 nitrogen and oxygen atoms in total. The molecule has 0 bridgehead atoms. The minimum absolute atomic E-state index is 0.176. The average Bonchev–Trinajstić information content (AvgIpc) is 2.62. The Morgan fingerprint density at radius 3 is 2.39 bits per heavy atom. The van der Waals surface area contributed by atoms with Crippen LogP contribution in [0.2, 0.25) is 5.02 Å². The van der Waals surface area contributed by atoms with E-state index in [9.17, 15) is 4.79 Å². The van der Waals surface area contributed by atoms with Crippen molar-refractivity contribution in [2.75, 3.05) is 18.0 Å². The molecule has 1 N–H and O–H groups in total. The lowest BCUT2D eigenvalue weighted by molar-refractivity contribution is 0.0950. The highest BCUT2D eigenvalue weighted by molar-refractivity contribution is 6.30. The summed E-state index contributed by atoms with van der Waals surface area (Å²) < 4.78 is 0. The van der Waals surface area contributed by atoms with Gasteiger partial charge in [0.1, 0.15) is 0 Å². The minimum Gasteiger partial charge on any atom is -0.348 e. The molecule has 2 heterocycles. The van der Waals surface area contributed by atoms with E-state index in [0.29, 0.717) is 23.1 Å². The van der Waals surface area contributed by atoms with Crippen LogP contribution in [0.4, 0.5) is 5.95 Å². The van der Waals surface area contributed by atoms with Crippen LogP contribution in [0, 0.1) is 0 Å². The van der Waals surface area contributed by atoms with Gasteiger partial charge in [-0.2, -0.15) is 0 Å². The van der Waals surface area contributed by atoms with E-state index in [1.165, 1.54) is 19.3 Å². The predicted molar refractivity (Wildman–Crippen MR) is 90.7 cm³/mol. The summed E-state index contributed by atoms with van der Waals surface area (Å²) in [5, 5.41) is 3.54. The molecule has 23 heavy (non-hydrogen) atoms. The maximum Gasteiger partial charge on any atom is 0.254 e. The Morgan fingerprint density at radius 2 is 1.74 bits per heavy atom. The topological polar surface area (TPSA) is 58.1 Å². The van der Waals surface area contributed by atoms with E-state index >= 15 is 0 Å². The average molecular weight is 331 g/mol. The van der Waals surface area contributed by atoms with E-state index in [1.807, 2.05) is 12.1 Å². The predicted octanol–water partition coefficient (Wildman–Crippen LogP) is 3.05. The molecule has 1 aliphatic heterocycles. The summed E-state index contributed by atoms with van der Waals surface area (Å²) in [6.45, 7) is 2.42. The lowest BCUT2D eigenvalue weighted by Gasteiger charge is -2.26. The normalized spacial score (nSPS) is 14.6. The highest BCUT2D eigenvalue weighted by atomic mass is 35.5. The van der Waals surface area contributed by atoms with Crippen molar-refractivity contribution in [3.05, 3.63) is 52.8 Å². The monoisotopic (exact) mass is 330 g/mol. The number of halogens is 1. The van der Waals surface area contributed by atoms with Crippen molar-refractivity contribution < 1.29 is 4.79 Å². The molecule has 3 rings (SSSR count). The summed E-state index contributed by atoms with van der Waals surface area (Å²) in [7, 11) is 0. The van der Waals surface area contributed by atoms with Crippen LogP contribution >= 0.6 is 11.6 Å². The zero-order valence-corrected chi connectivity index (χ0v) is 13.6. The Labute approximate surface area is 140 Å². The number of aromatic nitrogens is 2. The van der Waals surface area contributed by atoms with Gasteiger partial charge in [-0.25, -0.2) is 9.97 Å². The van der Waals surface area contributed by atoms with Crippen molar-refractivity contribution in [3.63, 3.8) is 0 Å². The lowest BCUT2D eigenvalue weighted by Crippen LogP contribution is -2.31. The summed E-state index contributed by atoms with van der Waals surface area (Å²) in [5.74, 6) is 0.532. The minimum atomic E-state index is -0.176. The van der Waals surface area contributed by atoms with E-state index < -0.39 is 0 Å². The first kappa shape index (κ1) is 15.7. The SMILES string of the molecule is O=C(NCc1ccc(Cl)cc1)c1cnc(N2CCCCC2)nc1. The van der Waals surface area contributed by atoms with Crippen LogP contribution in [0.25, 0.3) is 0 Å². The molecule has 1 amide bonds. The Hall–Kier alpha value is -2.14. The summed E-state index contributed by atoms with van der Waals surface area (Å²) in [4.78, 5) is 23.0. The van der Waals surface area contributed by atoms with Gasteiger partial charge in [0.25, 0.3) is 5.91 Å². The van der Waals surface area contributed by atoms with Crippen molar-refractivity contribution in [1.29, 1.82) is 0 Å². The second-order valence-corrected chi connectivity index (χ2v) is 6.07. The van der Waals surface area contributed by atoms with Crippen molar-refractivity contribution in [2.24, 2.45) is 0 Å². The number of rotatable bonds is 4. The van der Waals surface area contributed by atoms with Gasteiger partial charge in [-0.1, -0.05) is 23.7 Å². The molecule has 0 saturated carbocycles. The van der Waals surface area contributed by atoms with Gasteiger partial charge >= 0.3 is 0 Å². The van der Waals surface area contributed by atoms with Gasteiger partial charge in [-0.05, 0) is 37.0 Å². The quantitative estimate of drug-likeness (QED) is 0.936. The van der Waals surface area contributed by atoms with Crippen LogP contribution < -0.4 is 10.2 Å². The van der Waals surface area contributed by atoms with Crippen LogP contribution in [0.1, 0.15) is 35.2 Å². The van der Waals surface area contributed by atoms with Gasteiger partial charge in [0.15, 0.2) is 0 Å². The highest BCUT2D eigenvalue weighted by Crippen LogP contribution is 2.15. The molecular weight excluding hydrogens is 312 g/mol. The number of nitrogens with zero attached hydrogens (tertiary/aromatic N) is 3. The summed E-state index contributed by atoms with van der Waals surface area (Å²) in [6, 6.07) is 7.39. The van der Waals surface area contributed by atoms with E-state index in [-0.39, 0.29) is 5.91 Å². The van der Waals surface area contributed by atoms with Crippen LogP contribution in [-0.2, 0) is 6.54 Å². The van der Waals surface area contributed by atoms with Crippen molar-refractivity contribution in [1.82, 2.24) is 15.3 Å². The third kappa shape index (κ3) is 4.20. The Bertz CT molecular complexity index is 651. The van der Waals surface area contributed by atoms with E-state index in [1.54, 1.807) is 24.5 Å². The summed E-state index contributed by atoms with van der Waals surface area (Å²) in [5.41, 5.74) is 1.47. The van der Waals surface area contributed by atoms with Gasteiger partial charge in [0.2, 0.25) is 5.95 Å². The van der Waals surface area contributed by atoms with E-state index in [2.05, 4.69) is 20.2 Å². The fourth-order valence-corrected chi connectivity index (χ4v) is 2.71. The molecule has 1 aromatic carbocycles. The molecule has 1 saturated heterocycles. The molecule has 1 aromatic heterocycles. The first-order valence-corrected chi connectivity index (χ1v) is 8.20. The third-order valence-corrected chi connectivity index (χ3v) is 4.16. The molecule has 6 heteroatoms. The van der Waals surface area contributed by atoms with Crippen molar-refractivity contribution in [3.8, 4) is 0 Å². The molecule has 0 atom stereocenters. The molecule has 0 aliphatic carbocycles. The number of hydrogen-bond donors (Lipinski definition) is 1. The number of carbonyl (C=O) groups is 1. The molecule has 0 radical (unpaired) electrons. The molecule has 120 valence electrons. The summed E-state index contributed by atoms with van der Waals surface area (Å²) >= 11 is 5.84. The zero-order valence-electron chi connectivity index (χ0n) is 12.8. The van der Waals surface area contributed by atoms with Gasteiger partial charge in [0.05, 0.1) is 5.56 Å². The maximum atomic E-state index is 12.1. The molecule has 0 spiro atoms. The van der Waals surface area contributed by atoms with Gasteiger partial charge in [0, 0.05) is 37.1 Å². The fourth-order valence-electron chi connectivity index (χ4n) is 2.58. The summed E-state index contributed by atoms with van der Waals surface area (Å²) in [6.07, 6.45) is 6.79. The number of benzene rings is 1. The van der Waals surface area contributed by atoms with Crippen LogP contribution in [0.3, 0.4) is 0 Å². The Kier molecular flexibility index (Phi) is 5.08. The largest absolute Gasteiger partial charge is 0.348 e. The smallest absolute Gasteiger partial charge is 0.254 e. The van der Waals surface area contributed by atoms with Gasteiger partial charge in [-0.15, -0.1) is 0 Å². The first-order chi connectivity index (χ1) is 11.2. The lowest BCUT2D eigenvalue weighted by atomic mass is 10.1. The molecular formula is C17H19ClN4O. The number of hydrogen-bond acceptors (Lipinski definition) is 4. The molecule has 1 fully saturated rings. The van der Waals surface area contributed by atoms with E-state index in [0.717, 1.165) is 18.7 Å². The number of anilines is 1. The maximum absolute atomic E-state index is 12.1. The Morgan fingerprint density at radius 1 is 1.09 bits per heavy atom. The number of nitrogens with one attached hydrogen (secondary N) is 1. The van der Waals surface area contributed by atoms with Gasteiger partial charge < -0.3 is 10.2 Å². The highest BCUT2D eigenvalue weighted by Gasteiger charge is 2.14. The van der Waals surface area contributed by atoms with Crippen LogP contribution in [0.15, 0.2) is 36.7 Å². The number of amides is 1. The van der Waals surface area contributed by atoms with Crippen molar-refractivity contribution >= 4 is 23.5 Å². The molecule has 2 aromatic rings. The standard InChI is InChI=1S/C17H19ClN4O/c18-15-6-4-13(5-7-15)10-19-16(23)14-11-20-17(21-12-14)22-8-2-1-3-9-22/h4-7,11-12H,1-3,8-10H2,(H,19,23). The Balaban J connectivity index is 1.57. The van der Waals surface area contributed by atoms with Crippen LogP contribution in [0.5, 0.6) is 0 Å². The fraction of sp³-hybridized carbons (Fsp3) is 0.353. The number of piperidine rings is 1. The molecule has 1 aliphatic rings. The second-order valence-electron chi connectivity index (χ2n) is 5.63. The zero-order chi connectivity index (χ0) is 16.1. The third-order valence-electron chi connectivity index (χ3n) is 3.91. The first-order valence-electron chi connectivity index (χ1n) is 7.82. The van der Waals surface area contributed by atoms with Crippen LogP contribution in [-0.4, -0.2) is 29.0 Å².